The summed E-state index contributed by atoms with van der Waals surface area (Å²) in [5.74, 6) is -1.08. The van der Waals surface area contributed by atoms with Crippen molar-refractivity contribution in [3.8, 4) is 28.1 Å². The summed E-state index contributed by atoms with van der Waals surface area (Å²) in [6, 6.07) is 15.3. The van der Waals surface area contributed by atoms with Crippen molar-refractivity contribution in [3.05, 3.63) is 66.6 Å². The van der Waals surface area contributed by atoms with E-state index in [0.29, 0.717) is 5.69 Å². The SMILES string of the molecule is O=C(O)c1cnnn1-c1ccc(-c2ccccc2-c2cn[nH]n2)cc1. The molecule has 4 rings (SSSR count). The highest BCUT2D eigenvalue weighted by Gasteiger charge is 2.14. The molecule has 0 unspecified atom stereocenters. The van der Waals surface area contributed by atoms with E-state index >= 15 is 0 Å². The summed E-state index contributed by atoms with van der Waals surface area (Å²) in [4.78, 5) is 11.2. The van der Waals surface area contributed by atoms with Crippen molar-refractivity contribution >= 4 is 5.97 Å². The molecular weight excluding hydrogens is 320 g/mol. The van der Waals surface area contributed by atoms with Crippen molar-refractivity contribution in [1.82, 2.24) is 30.4 Å². The largest absolute Gasteiger partial charge is 0.476 e. The number of rotatable bonds is 4. The lowest BCUT2D eigenvalue weighted by Gasteiger charge is -2.09. The zero-order valence-corrected chi connectivity index (χ0v) is 12.9. The minimum absolute atomic E-state index is 0.00995. The number of aromatic amines is 1. The second-order valence-electron chi connectivity index (χ2n) is 5.28. The van der Waals surface area contributed by atoms with E-state index in [-0.39, 0.29) is 5.69 Å². The smallest absolute Gasteiger partial charge is 0.356 e. The maximum atomic E-state index is 11.2. The number of nitrogens with zero attached hydrogens (tertiary/aromatic N) is 5. The number of carbonyl (C=O) groups is 1. The van der Waals surface area contributed by atoms with Gasteiger partial charge in [0, 0.05) is 5.56 Å². The number of benzene rings is 2. The number of aromatic carboxylic acids is 1. The van der Waals surface area contributed by atoms with Gasteiger partial charge in [0.1, 0.15) is 5.69 Å². The zero-order chi connectivity index (χ0) is 17.2. The summed E-state index contributed by atoms with van der Waals surface area (Å²) in [6.07, 6.45) is 2.89. The van der Waals surface area contributed by atoms with Gasteiger partial charge < -0.3 is 5.11 Å². The quantitative estimate of drug-likeness (QED) is 0.594. The summed E-state index contributed by atoms with van der Waals surface area (Å²) in [6.45, 7) is 0. The average molecular weight is 332 g/mol. The van der Waals surface area contributed by atoms with Crippen LogP contribution in [0.1, 0.15) is 10.5 Å². The molecule has 8 heteroatoms. The van der Waals surface area contributed by atoms with E-state index in [0.717, 1.165) is 22.4 Å². The van der Waals surface area contributed by atoms with Crippen molar-refractivity contribution in [1.29, 1.82) is 0 Å². The maximum absolute atomic E-state index is 11.2. The molecule has 0 spiro atoms. The minimum atomic E-state index is -1.08. The fraction of sp³-hybridized carbons (Fsp3) is 0. The Morgan fingerprint density at radius 3 is 2.44 bits per heavy atom. The number of hydrogen-bond acceptors (Lipinski definition) is 5. The van der Waals surface area contributed by atoms with Crippen molar-refractivity contribution in [2.75, 3.05) is 0 Å². The van der Waals surface area contributed by atoms with E-state index in [2.05, 4.69) is 25.7 Å². The Bertz CT molecular complexity index is 1020. The number of H-pyrrole nitrogens is 1. The third kappa shape index (κ3) is 2.65. The van der Waals surface area contributed by atoms with Crippen LogP contribution in [-0.4, -0.2) is 41.5 Å². The number of carboxylic acid groups (broad SMARTS) is 1. The minimum Gasteiger partial charge on any atom is -0.476 e. The number of carboxylic acids is 1. The van der Waals surface area contributed by atoms with Gasteiger partial charge in [0.25, 0.3) is 0 Å². The number of hydrogen-bond donors (Lipinski definition) is 2. The van der Waals surface area contributed by atoms with Crippen LogP contribution in [0.4, 0.5) is 0 Å². The number of aromatic nitrogens is 6. The molecule has 0 radical (unpaired) electrons. The molecule has 0 atom stereocenters. The highest BCUT2D eigenvalue weighted by atomic mass is 16.4. The molecule has 0 bridgehead atoms. The van der Waals surface area contributed by atoms with Crippen LogP contribution >= 0.6 is 0 Å². The predicted octanol–water partition coefficient (Wildman–Crippen LogP) is 2.42. The molecule has 2 N–H and O–H groups in total. The normalized spacial score (nSPS) is 10.7. The monoisotopic (exact) mass is 332 g/mol. The third-order valence-electron chi connectivity index (χ3n) is 3.81. The van der Waals surface area contributed by atoms with Gasteiger partial charge in [-0.2, -0.15) is 15.4 Å². The molecule has 4 aromatic rings. The van der Waals surface area contributed by atoms with E-state index in [9.17, 15) is 9.90 Å². The van der Waals surface area contributed by atoms with Gasteiger partial charge in [-0.25, -0.2) is 9.48 Å². The van der Waals surface area contributed by atoms with Gasteiger partial charge >= 0.3 is 5.97 Å². The molecule has 0 aliphatic rings. The molecular formula is C17H12N6O2. The molecule has 2 heterocycles. The second kappa shape index (κ2) is 6.00. The first-order valence-corrected chi connectivity index (χ1v) is 7.44. The van der Waals surface area contributed by atoms with Crippen molar-refractivity contribution in [2.24, 2.45) is 0 Å². The molecule has 0 aliphatic carbocycles. The van der Waals surface area contributed by atoms with Gasteiger partial charge in [0.2, 0.25) is 0 Å². The fourth-order valence-electron chi connectivity index (χ4n) is 2.64. The van der Waals surface area contributed by atoms with E-state index in [1.807, 2.05) is 36.4 Å². The van der Waals surface area contributed by atoms with Gasteiger partial charge in [-0.05, 0) is 23.3 Å². The van der Waals surface area contributed by atoms with Crippen molar-refractivity contribution < 1.29 is 9.90 Å². The lowest BCUT2D eigenvalue weighted by atomic mass is 9.98. The van der Waals surface area contributed by atoms with Crippen molar-refractivity contribution in [2.45, 2.75) is 0 Å². The molecule has 2 aromatic carbocycles. The first-order chi connectivity index (χ1) is 12.2. The van der Waals surface area contributed by atoms with Crippen molar-refractivity contribution in [3.63, 3.8) is 0 Å². The topological polar surface area (TPSA) is 110 Å². The third-order valence-corrected chi connectivity index (χ3v) is 3.81. The van der Waals surface area contributed by atoms with E-state index in [1.54, 1.807) is 18.3 Å². The predicted molar refractivity (Wildman–Crippen MR) is 89.1 cm³/mol. The van der Waals surface area contributed by atoms with Gasteiger partial charge in [0.05, 0.1) is 18.1 Å². The van der Waals surface area contributed by atoms with E-state index in [4.69, 9.17) is 0 Å². The van der Waals surface area contributed by atoms with Gasteiger partial charge in [-0.3, -0.25) is 0 Å². The Balaban J connectivity index is 1.75. The lowest BCUT2D eigenvalue weighted by molar-refractivity contribution is 0.0687. The zero-order valence-electron chi connectivity index (χ0n) is 12.9. The Kier molecular flexibility index (Phi) is 3.55. The van der Waals surface area contributed by atoms with Crippen LogP contribution in [0.25, 0.3) is 28.1 Å². The van der Waals surface area contributed by atoms with Crippen LogP contribution in [0.3, 0.4) is 0 Å². The van der Waals surface area contributed by atoms with Crippen LogP contribution < -0.4 is 0 Å². The Morgan fingerprint density at radius 1 is 1.00 bits per heavy atom. The number of nitrogens with one attached hydrogen (secondary N) is 1. The van der Waals surface area contributed by atoms with E-state index in [1.165, 1.54) is 10.9 Å². The molecule has 0 fully saturated rings. The van der Waals surface area contributed by atoms with Crippen LogP contribution in [0.15, 0.2) is 60.9 Å². The molecule has 0 saturated heterocycles. The van der Waals surface area contributed by atoms with Gasteiger partial charge in [-0.15, -0.1) is 5.10 Å². The molecule has 0 aliphatic heterocycles. The lowest BCUT2D eigenvalue weighted by Crippen LogP contribution is -2.07. The summed E-state index contributed by atoms with van der Waals surface area (Å²) in [7, 11) is 0. The van der Waals surface area contributed by atoms with E-state index < -0.39 is 5.97 Å². The molecule has 2 aromatic heterocycles. The molecule has 25 heavy (non-hydrogen) atoms. The van der Waals surface area contributed by atoms with Gasteiger partial charge in [0.15, 0.2) is 5.69 Å². The molecule has 0 saturated carbocycles. The van der Waals surface area contributed by atoms with Gasteiger partial charge in [-0.1, -0.05) is 41.6 Å². The van der Waals surface area contributed by atoms with Crippen LogP contribution in [0.5, 0.6) is 0 Å². The van der Waals surface area contributed by atoms with Crippen LogP contribution in [0, 0.1) is 0 Å². The Labute approximate surface area is 141 Å². The first-order valence-electron chi connectivity index (χ1n) is 7.44. The second-order valence-corrected chi connectivity index (χ2v) is 5.28. The summed E-state index contributed by atoms with van der Waals surface area (Å²) in [5.41, 5.74) is 4.31. The average Bonchev–Trinajstić information content (AvgIpc) is 3.34. The Morgan fingerprint density at radius 2 is 1.76 bits per heavy atom. The first kappa shape index (κ1) is 14.8. The molecule has 8 nitrogen and oxygen atoms in total. The highest BCUT2D eigenvalue weighted by Crippen LogP contribution is 2.30. The Hall–Kier alpha value is -3.81. The maximum Gasteiger partial charge on any atom is 0.356 e. The summed E-state index contributed by atoms with van der Waals surface area (Å²) < 4.78 is 1.29. The fourth-order valence-corrected chi connectivity index (χ4v) is 2.64. The highest BCUT2D eigenvalue weighted by molar-refractivity contribution is 5.86. The van der Waals surface area contributed by atoms with Crippen LogP contribution in [-0.2, 0) is 0 Å². The summed E-state index contributed by atoms with van der Waals surface area (Å²) in [5, 5.41) is 27.3. The molecule has 122 valence electrons. The molecule has 0 amide bonds. The standard InChI is InChI=1S/C17H12N6O2/c24-17(25)16-10-19-22-23(16)12-7-5-11(6-8-12)13-3-1-2-4-14(13)15-9-18-21-20-15/h1-10H,(H,24,25)(H,18,20,21). The summed E-state index contributed by atoms with van der Waals surface area (Å²) >= 11 is 0. The van der Waals surface area contributed by atoms with Crippen LogP contribution in [0.2, 0.25) is 0 Å².